The van der Waals surface area contributed by atoms with Crippen LogP contribution in [0.3, 0.4) is 0 Å². The molecule has 0 aliphatic rings. The van der Waals surface area contributed by atoms with Crippen LogP contribution in [0.4, 0.5) is 16.2 Å². The number of urea groups is 1. The Hall–Kier alpha value is -2.56. The number of rotatable bonds is 4. The summed E-state index contributed by atoms with van der Waals surface area (Å²) < 4.78 is 0. The number of amides is 2. The minimum absolute atomic E-state index is 0.249. The Morgan fingerprint density at radius 3 is 2.84 bits per heavy atom. The van der Waals surface area contributed by atoms with Crippen molar-refractivity contribution in [2.24, 2.45) is 0 Å². The third-order valence-electron chi connectivity index (χ3n) is 2.54. The average Bonchev–Trinajstić information content (AvgIpc) is 2.40. The topological polar surface area (TPSA) is 80.0 Å². The van der Waals surface area contributed by atoms with E-state index in [0.717, 1.165) is 5.69 Å². The normalized spacial score (nSPS) is 9.89. The van der Waals surface area contributed by atoms with Gasteiger partial charge in [0.1, 0.15) is 0 Å². The van der Waals surface area contributed by atoms with Crippen molar-refractivity contribution >= 4 is 17.4 Å². The first-order chi connectivity index (χ1) is 9.24. The molecule has 1 heterocycles. The average molecular weight is 256 g/mol. The predicted molar refractivity (Wildman–Crippen MR) is 75.8 cm³/mol. The molecule has 0 atom stereocenters. The zero-order chi connectivity index (χ0) is 13.5. The molecule has 0 aliphatic carbocycles. The molecule has 0 unspecified atom stereocenters. The van der Waals surface area contributed by atoms with Crippen LogP contribution in [0.25, 0.3) is 0 Å². The largest absolute Gasteiger partial charge is 0.399 e. The molecule has 2 rings (SSSR count). The number of hydrogen-bond acceptors (Lipinski definition) is 3. The number of carbonyl (C=O) groups is 1. The van der Waals surface area contributed by atoms with Crippen molar-refractivity contribution in [2.45, 2.75) is 6.42 Å². The fourth-order valence-corrected chi connectivity index (χ4v) is 1.64. The lowest BCUT2D eigenvalue weighted by Gasteiger charge is -2.07. The van der Waals surface area contributed by atoms with Gasteiger partial charge in [-0.05, 0) is 30.3 Å². The quantitative estimate of drug-likeness (QED) is 0.732. The number of aromatic nitrogens is 1. The van der Waals surface area contributed by atoms with E-state index in [1.807, 2.05) is 18.2 Å². The zero-order valence-corrected chi connectivity index (χ0v) is 10.5. The van der Waals surface area contributed by atoms with E-state index in [0.29, 0.717) is 24.3 Å². The van der Waals surface area contributed by atoms with Gasteiger partial charge >= 0.3 is 6.03 Å². The molecular weight excluding hydrogens is 240 g/mol. The fraction of sp³-hybridized carbons (Fsp3) is 0.143. The lowest BCUT2D eigenvalue weighted by Crippen LogP contribution is -2.30. The van der Waals surface area contributed by atoms with Gasteiger partial charge in [-0.25, -0.2) is 4.79 Å². The summed E-state index contributed by atoms with van der Waals surface area (Å²) in [6, 6.07) is 12.5. The molecule has 98 valence electrons. The molecule has 5 nitrogen and oxygen atoms in total. The summed E-state index contributed by atoms with van der Waals surface area (Å²) in [6.45, 7) is 0.533. The van der Waals surface area contributed by atoms with Crippen molar-refractivity contribution in [3.63, 3.8) is 0 Å². The minimum atomic E-state index is -0.249. The van der Waals surface area contributed by atoms with Crippen molar-refractivity contribution < 1.29 is 4.79 Å². The summed E-state index contributed by atoms with van der Waals surface area (Å²) in [5.41, 5.74) is 7.87. The SMILES string of the molecule is Nc1cccc(NC(=O)NCCc2ccccn2)c1. The smallest absolute Gasteiger partial charge is 0.319 e. The van der Waals surface area contributed by atoms with E-state index in [9.17, 15) is 4.79 Å². The molecule has 19 heavy (non-hydrogen) atoms. The third-order valence-corrected chi connectivity index (χ3v) is 2.54. The second-order valence-corrected chi connectivity index (χ2v) is 4.08. The van der Waals surface area contributed by atoms with Gasteiger partial charge in [-0.2, -0.15) is 0 Å². The van der Waals surface area contributed by atoms with E-state index in [1.54, 1.807) is 30.5 Å². The molecular formula is C14H16N4O. The second-order valence-electron chi connectivity index (χ2n) is 4.08. The van der Waals surface area contributed by atoms with Crippen molar-refractivity contribution in [2.75, 3.05) is 17.6 Å². The molecule has 2 amide bonds. The second kappa shape index (κ2) is 6.39. The van der Waals surface area contributed by atoms with E-state index < -0.39 is 0 Å². The molecule has 2 aromatic rings. The highest BCUT2D eigenvalue weighted by Crippen LogP contribution is 2.11. The number of nitrogens with one attached hydrogen (secondary N) is 2. The molecule has 1 aromatic heterocycles. The molecule has 5 heteroatoms. The maximum atomic E-state index is 11.6. The van der Waals surface area contributed by atoms with Gasteiger partial charge in [0.05, 0.1) is 0 Å². The van der Waals surface area contributed by atoms with Crippen molar-refractivity contribution in [3.8, 4) is 0 Å². The molecule has 0 saturated heterocycles. The number of anilines is 2. The first-order valence-electron chi connectivity index (χ1n) is 6.04. The molecule has 1 aromatic carbocycles. The highest BCUT2D eigenvalue weighted by Gasteiger charge is 2.01. The van der Waals surface area contributed by atoms with Crippen LogP contribution in [0.2, 0.25) is 0 Å². The molecule has 0 bridgehead atoms. The van der Waals surface area contributed by atoms with Gasteiger partial charge in [-0.15, -0.1) is 0 Å². The maximum Gasteiger partial charge on any atom is 0.319 e. The lowest BCUT2D eigenvalue weighted by atomic mass is 10.3. The Bertz CT molecular complexity index is 542. The molecule has 0 saturated carbocycles. The highest BCUT2D eigenvalue weighted by molar-refractivity contribution is 5.89. The number of nitrogens with two attached hydrogens (primary N) is 1. The predicted octanol–water partition coefficient (Wildman–Crippen LogP) is 2.03. The summed E-state index contributed by atoms with van der Waals surface area (Å²) >= 11 is 0. The maximum absolute atomic E-state index is 11.6. The van der Waals surface area contributed by atoms with Crippen molar-refractivity contribution in [1.29, 1.82) is 0 Å². The fourth-order valence-electron chi connectivity index (χ4n) is 1.64. The van der Waals surface area contributed by atoms with Gasteiger partial charge in [0.15, 0.2) is 0 Å². The minimum Gasteiger partial charge on any atom is -0.399 e. The summed E-state index contributed by atoms with van der Waals surface area (Å²) in [5, 5.41) is 5.49. The van der Waals surface area contributed by atoms with Crippen LogP contribution in [-0.2, 0) is 6.42 Å². The molecule has 0 spiro atoms. The highest BCUT2D eigenvalue weighted by atomic mass is 16.2. The molecule has 4 N–H and O–H groups in total. The Morgan fingerprint density at radius 2 is 2.11 bits per heavy atom. The number of benzene rings is 1. The summed E-state index contributed by atoms with van der Waals surface area (Å²) in [6.07, 6.45) is 2.44. The van der Waals surface area contributed by atoms with Crippen LogP contribution in [0, 0.1) is 0 Å². The van der Waals surface area contributed by atoms with Gasteiger partial charge in [-0.1, -0.05) is 12.1 Å². The number of nitrogen functional groups attached to an aromatic ring is 1. The lowest BCUT2D eigenvalue weighted by molar-refractivity contribution is 0.252. The molecule has 0 fully saturated rings. The van der Waals surface area contributed by atoms with Gasteiger partial charge in [0.25, 0.3) is 0 Å². The summed E-state index contributed by atoms with van der Waals surface area (Å²) in [5.74, 6) is 0. The Balaban J connectivity index is 1.76. The zero-order valence-electron chi connectivity index (χ0n) is 10.5. The van der Waals surface area contributed by atoms with E-state index in [2.05, 4.69) is 15.6 Å². The summed E-state index contributed by atoms with van der Waals surface area (Å²) in [7, 11) is 0. The monoisotopic (exact) mass is 256 g/mol. The van der Waals surface area contributed by atoms with Gasteiger partial charge in [0.2, 0.25) is 0 Å². The van der Waals surface area contributed by atoms with Crippen LogP contribution in [-0.4, -0.2) is 17.6 Å². The number of hydrogen-bond donors (Lipinski definition) is 3. The standard InChI is InChI=1S/C14H16N4O/c15-11-4-3-6-13(10-11)18-14(19)17-9-7-12-5-1-2-8-16-12/h1-6,8,10H,7,9,15H2,(H2,17,18,19). The summed E-state index contributed by atoms with van der Waals surface area (Å²) in [4.78, 5) is 15.8. The first-order valence-corrected chi connectivity index (χ1v) is 6.04. The molecule has 0 aliphatic heterocycles. The Labute approximate surface area is 111 Å². The van der Waals surface area contributed by atoms with Crippen molar-refractivity contribution in [1.82, 2.24) is 10.3 Å². The number of carbonyl (C=O) groups excluding carboxylic acids is 1. The van der Waals surface area contributed by atoms with Crippen LogP contribution in [0.15, 0.2) is 48.7 Å². The van der Waals surface area contributed by atoms with E-state index in [4.69, 9.17) is 5.73 Å². The van der Waals surface area contributed by atoms with Crippen LogP contribution in [0.5, 0.6) is 0 Å². The Morgan fingerprint density at radius 1 is 1.21 bits per heavy atom. The van der Waals surface area contributed by atoms with E-state index in [1.165, 1.54) is 0 Å². The van der Waals surface area contributed by atoms with Gasteiger partial charge in [0, 0.05) is 36.2 Å². The van der Waals surface area contributed by atoms with Crippen LogP contribution < -0.4 is 16.4 Å². The van der Waals surface area contributed by atoms with Crippen LogP contribution in [0.1, 0.15) is 5.69 Å². The van der Waals surface area contributed by atoms with Gasteiger partial charge < -0.3 is 16.4 Å². The van der Waals surface area contributed by atoms with Crippen LogP contribution >= 0.6 is 0 Å². The van der Waals surface area contributed by atoms with Crippen molar-refractivity contribution in [3.05, 3.63) is 54.4 Å². The molecule has 0 radical (unpaired) electrons. The number of nitrogens with zero attached hydrogens (tertiary/aromatic N) is 1. The number of pyridine rings is 1. The third kappa shape index (κ3) is 4.31. The van der Waals surface area contributed by atoms with E-state index in [-0.39, 0.29) is 6.03 Å². The van der Waals surface area contributed by atoms with Gasteiger partial charge in [-0.3, -0.25) is 4.98 Å². The first kappa shape index (κ1) is 12.9. The van der Waals surface area contributed by atoms with E-state index >= 15 is 0 Å². The Kier molecular flexibility index (Phi) is 4.34.